The number of rotatable bonds is 15. The molecule has 1 atom stereocenters. The molecule has 0 spiro atoms. The van der Waals surface area contributed by atoms with Crippen LogP contribution in [-0.2, 0) is 27.1 Å². The van der Waals surface area contributed by atoms with Crippen molar-refractivity contribution in [3.8, 4) is 17.2 Å². The fourth-order valence-electron chi connectivity index (χ4n) is 4.03. The minimum atomic E-state index is -0.945. The summed E-state index contributed by atoms with van der Waals surface area (Å²) in [5.41, 5.74) is 1.80. The zero-order valence-electron chi connectivity index (χ0n) is 25.5. The lowest BCUT2D eigenvalue weighted by Crippen LogP contribution is -2.43. The van der Waals surface area contributed by atoms with Gasteiger partial charge in [0.2, 0.25) is 5.91 Å². The molecule has 3 aromatic carbocycles. The molecule has 0 radical (unpaired) electrons. The molecule has 2 amide bonds. The van der Waals surface area contributed by atoms with Gasteiger partial charge in [0.05, 0.1) is 20.1 Å². The summed E-state index contributed by atoms with van der Waals surface area (Å²) in [6.07, 6.45) is -0.718. The Hall–Kier alpha value is -4.28. The van der Waals surface area contributed by atoms with Crippen LogP contribution in [0.15, 0.2) is 72.8 Å². The van der Waals surface area contributed by atoms with E-state index in [-0.39, 0.29) is 32.3 Å². The number of nitrogens with one attached hydrogen (secondary N) is 1. The number of ether oxygens (including phenoxy) is 5. The first-order valence-corrected chi connectivity index (χ1v) is 14.1. The number of carbonyl (C=O) groups excluding carboxylic acids is 2. The molecule has 0 unspecified atom stereocenters. The van der Waals surface area contributed by atoms with Crippen LogP contribution < -0.4 is 19.5 Å². The van der Waals surface area contributed by atoms with Crippen molar-refractivity contribution in [2.24, 2.45) is 0 Å². The molecule has 0 saturated heterocycles. The number of methoxy groups -OCH3 is 2. The minimum absolute atomic E-state index is 0.0122. The van der Waals surface area contributed by atoms with Crippen LogP contribution in [0.25, 0.3) is 0 Å². The molecule has 0 heterocycles. The maximum atomic E-state index is 13.0. The van der Waals surface area contributed by atoms with Gasteiger partial charge in [-0.3, -0.25) is 4.79 Å². The van der Waals surface area contributed by atoms with Crippen LogP contribution in [0.2, 0.25) is 0 Å². The highest BCUT2D eigenvalue weighted by atomic mass is 16.7. The monoisotopic (exact) mass is 594 g/mol. The van der Waals surface area contributed by atoms with Gasteiger partial charge in [0.15, 0.2) is 6.79 Å². The summed E-state index contributed by atoms with van der Waals surface area (Å²) in [6, 6.07) is 21.8. The Kier molecular flexibility index (Phi) is 12.7. The summed E-state index contributed by atoms with van der Waals surface area (Å²) < 4.78 is 26.8. The molecule has 10 nitrogen and oxygen atoms in total. The van der Waals surface area contributed by atoms with Gasteiger partial charge in [0, 0.05) is 19.3 Å². The van der Waals surface area contributed by atoms with Crippen molar-refractivity contribution in [1.29, 1.82) is 0 Å². The number of hydrogen-bond acceptors (Lipinski definition) is 8. The molecule has 43 heavy (non-hydrogen) atoms. The Bertz CT molecular complexity index is 1290. The fourth-order valence-corrected chi connectivity index (χ4v) is 4.03. The van der Waals surface area contributed by atoms with Crippen molar-refractivity contribution in [3.05, 3.63) is 83.9 Å². The molecule has 2 N–H and O–H groups in total. The Labute approximate surface area is 253 Å². The standard InChI is InChI=1S/C33H42N2O8/c1-33(2,3)43-32(38)35(21-27(36)22-41-28-13-15-29(16-14-28)42-23-39-4)18-17-24-9-11-26(12-10-24)34-31(37)20-25-7-6-8-30(19-25)40-5/h6-16,19,27,36H,17-18,20-23H2,1-5H3,(H,34,37)/t27-/m0/s1. The van der Waals surface area contributed by atoms with Gasteiger partial charge >= 0.3 is 6.09 Å². The molecule has 3 aromatic rings. The van der Waals surface area contributed by atoms with Crippen molar-refractivity contribution in [2.45, 2.75) is 45.3 Å². The predicted octanol–water partition coefficient (Wildman–Crippen LogP) is 5.08. The molecule has 0 bridgehead atoms. The zero-order chi connectivity index (χ0) is 31.2. The second-order valence-corrected chi connectivity index (χ2v) is 10.9. The van der Waals surface area contributed by atoms with E-state index in [1.165, 1.54) is 4.90 Å². The third-order valence-electron chi connectivity index (χ3n) is 6.10. The Balaban J connectivity index is 1.53. The lowest BCUT2D eigenvalue weighted by Gasteiger charge is -2.29. The van der Waals surface area contributed by atoms with Crippen molar-refractivity contribution in [2.75, 3.05) is 46.0 Å². The number of hydrogen-bond donors (Lipinski definition) is 2. The maximum Gasteiger partial charge on any atom is 0.410 e. The third kappa shape index (κ3) is 12.2. The molecule has 0 fully saturated rings. The normalized spacial score (nSPS) is 11.8. The van der Waals surface area contributed by atoms with E-state index in [2.05, 4.69) is 5.32 Å². The summed E-state index contributed by atoms with van der Waals surface area (Å²) >= 11 is 0. The van der Waals surface area contributed by atoms with E-state index in [9.17, 15) is 14.7 Å². The first kappa shape index (κ1) is 33.2. The number of benzene rings is 3. The van der Waals surface area contributed by atoms with Gasteiger partial charge in [-0.2, -0.15) is 0 Å². The van der Waals surface area contributed by atoms with Crippen molar-refractivity contribution >= 4 is 17.7 Å². The molecule has 0 saturated carbocycles. The van der Waals surface area contributed by atoms with E-state index in [0.29, 0.717) is 35.9 Å². The molecule has 232 valence electrons. The lowest BCUT2D eigenvalue weighted by molar-refractivity contribution is -0.115. The minimum Gasteiger partial charge on any atom is -0.497 e. The fraction of sp³-hybridized carbons (Fsp3) is 0.394. The summed E-state index contributed by atoms with van der Waals surface area (Å²) in [7, 11) is 3.13. The predicted molar refractivity (Wildman–Crippen MR) is 164 cm³/mol. The molecule has 0 aliphatic heterocycles. The third-order valence-corrected chi connectivity index (χ3v) is 6.10. The van der Waals surface area contributed by atoms with E-state index >= 15 is 0 Å². The molecular weight excluding hydrogens is 552 g/mol. The van der Waals surface area contributed by atoms with Crippen LogP contribution in [0.3, 0.4) is 0 Å². The van der Waals surface area contributed by atoms with Gasteiger partial charge < -0.3 is 39.0 Å². The van der Waals surface area contributed by atoms with Gasteiger partial charge in [-0.1, -0.05) is 24.3 Å². The Morgan fingerprint density at radius 3 is 2.19 bits per heavy atom. The number of amides is 2. The Morgan fingerprint density at radius 2 is 1.56 bits per heavy atom. The van der Waals surface area contributed by atoms with Crippen LogP contribution in [-0.4, -0.2) is 74.4 Å². The van der Waals surface area contributed by atoms with Crippen molar-refractivity contribution in [3.63, 3.8) is 0 Å². The van der Waals surface area contributed by atoms with Crippen LogP contribution in [0, 0.1) is 0 Å². The van der Waals surface area contributed by atoms with E-state index in [0.717, 1.165) is 11.1 Å². The van der Waals surface area contributed by atoms with Crippen LogP contribution >= 0.6 is 0 Å². The van der Waals surface area contributed by atoms with E-state index in [1.807, 2.05) is 48.5 Å². The first-order chi connectivity index (χ1) is 20.5. The quantitative estimate of drug-likeness (QED) is 0.234. The lowest BCUT2D eigenvalue weighted by atomic mass is 10.1. The summed E-state index contributed by atoms with van der Waals surface area (Å²) in [5.74, 6) is 1.76. The average Bonchev–Trinajstić information content (AvgIpc) is 2.97. The van der Waals surface area contributed by atoms with Gasteiger partial charge in [-0.25, -0.2) is 4.79 Å². The van der Waals surface area contributed by atoms with Crippen LogP contribution in [0.4, 0.5) is 10.5 Å². The molecule has 10 heteroatoms. The number of anilines is 1. The van der Waals surface area contributed by atoms with Crippen molar-refractivity contribution in [1.82, 2.24) is 4.90 Å². The molecule has 3 rings (SSSR count). The number of carbonyl (C=O) groups is 2. The summed E-state index contributed by atoms with van der Waals surface area (Å²) in [6.45, 7) is 5.87. The van der Waals surface area contributed by atoms with Gasteiger partial charge in [-0.15, -0.1) is 0 Å². The SMILES string of the molecule is COCOc1ccc(OC[C@@H](O)CN(CCc2ccc(NC(=O)Cc3cccc(OC)c3)cc2)C(=O)OC(C)(C)C)cc1. The Morgan fingerprint density at radius 1 is 0.884 bits per heavy atom. The van der Waals surface area contributed by atoms with E-state index in [4.69, 9.17) is 23.7 Å². The van der Waals surface area contributed by atoms with E-state index < -0.39 is 17.8 Å². The largest absolute Gasteiger partial charge is 0.497 e. The van der Waals surface area contributed by atoms with Crippen molar-refractivity contribution < 1.29 is 38.4 Å². The number of aliphatic hydroxyl groups is 1. The first-order valence-electron chi connectivity index (χ1n) is 14.1. The second-order valence-electron chi connectivity index (χ2n) is 10.9. The molecule has 0 aliphatic carbocycles. The highest BCUT2D eigenvalue weighted by Crippen LogP contribution is 2.19. The maximum absolute atomic E-state index is 13.0. The summed E-state index contributed by atoms with van der Waals surface area (Å²) in [5, 5.41) is 13.6. The second kappa shape index (κ2) is 16.4. The molecule has 0 aliphatic rings. The number of nitrogens with zero attached hydrogens (tertiary/aromatic N) is 1. The summed E-state index contributed by atoms with van der Waals surface area (Å²) in [4.78, 5) is 26.9. The van der Waals surface area contributed by atoms with Crippen LogP contribution in [0.5, 0.6) is 17.2 Å². The van der Waals surface area contributed by atoms with Gasteiger partial charge in [0.25, 0.3) is 0 Å². The number of aliphatic hydroxyl groups excluding tert-OH is 1. The zero-order valence-corrected chi connectivity index (χ0v) is 25.5. The molecule has 0 aromatic heterocycles. The smallest absolute Gasteiger partial charge is 0.410 e. The highest BCUT2D eigenvalue weighted by Gasteiger charge is 2.24. The van der Waals surface area contributed by atoms with E-state index in [1.54, 1.807) is 59.3 Å². The topological polar surface area (TPSA) is 116 Å². The van der Waals surface area contributed by atoms with Gasteiger partial charge in [0.1, 0.15) is 35.6 Å². The van der Waals surface area contributed by atoms with Crippen LogP contribution in [0.1, 0.15) is 31.9 Å². The van der Waals surface area contributed by atoms with Gasteiger partial charge in [-0.05, 0) is 86.8 Å². The molecular formula is C33H42N2O8. The highest BCUT2D eigenvalue weighted by molar-refractivity contribution is 5.92. The average molecular weight is 595 g/mol.